The van der Waals surface area contributed by atoms with E-state index in [0.29, 0.717) is 23.7 Å². The fraction of sp³-hybridized carbons (Fsp3) is 0.865. The van der Waals surface area contributed by atoms with Gasteiger partial charge in [-0.25, -0.2) is 4.79 Å². The van der Waals surface area contributed by atoms with Gasteiger partial charge in [-0.15, -0.1) is 0 Å². The molecule has 7 nitrogen and oxygen atoms in total. The van der Waals surface area contributed by atoms with Crippen molar-refractivity contribution in [1.82, 2.24) is 5.32 Å². The second-order valence-corrected chi connectivity index (χ2v) is 17.0. The normalized spacial score (nSPS) is 45.6. The van der Waals surface area contributed by atoms with E-state index < -0.39 is 23.5 Å². The molecule has 0 aromatic carbocycles. The molecule has 0 bridgehead atoms. The molecule has 4 saturated carbocycles. The Labute approximate surface area is 265 Å². The van der Waals surface area contributed by atoms with Gasteiger partial charge in [0.15, 0.2) is 6.04 Å². The average molecular weight is 614 g/mol. The predicted molar refractivity (Wildman–Crippen MR) is 170 cm³/mol. The number of allylic oxidation sites excluding steroid dienone is 2. The molecular formula is C37H59NO6. The molecule has 2 unspecified atom stereocenters. The number of nitrogens with one attached hydrogen (secondary N) is 1. The number of hydrogen-bond acceptors (Lipinski definition) is 6. The number of amides is 1. The zero-order valence-corrected chi connectivity index (χ0v) is 29.0. The molecule has 2 N–H and O–H groups in total. The smallest absolute Gasteiger partial charge is 0.331 e. The van der Waals surface area contributed by atoms with Crippen LogP contribution in [-0.4, -0.2) is 48.3 Å². The van der Waals surface area contributed by atoms with E-state index in [2.05, 4.69) is 59.9 Å². The van der Waals surface area contributed by atoms with Crippen LogP contribution in [0.5, 0.6) is 0 Å². The third-order valence-corrected chi connectivity index (χ3v) is 14.9. The standard InChI is InChI=1S/C37H59NO6/c1-21-13-18-37(32(42)38-30(23(3)39)31(41)43-10)20-19-35(8)25(29(37)22(21)2)11-12-27-34(7)16-15-28(44-24(4)40)33(5,6)26(34)14-17-36(27,35)9/h11,21-23,26-30,39H,12-20H2,1-10H3,(H,38,42)/t21-,22+,23?,26+,27-,28+,29+,30?,34+,35-,36-,37+/m1/s1. The predicted octanol–water partition coefficient (Wildman–Crippen LogP) is 6.61. The van der Waals surface area contributed by atoms with Crippen molar-refractivity contribution in [2.75, 3.05) is 7.11 Å². The maximum Gasteiger partial charge on any atom is 0.331 e. The molecule has 5 rings (SSSR count). The number of carbonyl (C=O) groups excluding carboxylic acids is 3. The molecule has 5 aliphatic carbocycles. The van der Waals surface area contributed by atoms with Gasteiger partial charge in [-0.2, -0.15) is 0 Å². The van der Waals surface area contributed by atoms with Crippen LogP contribution in [0.3, 0.4) is 0 Å². The lowest BCUT2D eigenvalue weighted by atomic mass is 9.33. The summed E-state index contributed by atoms with van der Waals surface area (Å²) in [5.74, 6) is 1.01. The van der Waals surface area contributed by atoms with Gasteiger partial charge in [0, 0.05) is 12.3 Å². The molecule has 0 radical (unpaired) electrons. The Morgan fingerprint density at radius 1 is 0.955 bits per heavy atom. The van der Waals surface area contributed by atoms with Crippen molar-refractivity contribution >= 4 is 17.8 Å². The molecule has 12 atom stereocenters. The number of fused-ring (bicyclic) bond motifs is 7. The summed E-state index contributed by atoms with van der Waals surface area (Å²) in [5.41, 5.74) is 0.972. The minimum absolute atomic E-state index is 0.0352. The molecule has 0 heterocycles. The summed E-state index contributed by atoms with van der Waals surface area (Å²) in [6.07, 6.45) is 10.2. The summed E-state index contributed by atoms with van der Waals surface area (Å²) >= 11 is 0. The van der Waals surface area contributed by atoms with E-state index >= 15 is 0 Å². The Kier molecular flexibility index (Phi) is 8.46. The SMILES string of the molecule is COC(=O)C(NC(=O)[C@]12CC[C@@H](C)[C@H](C)[C@H]1C1=CC[C@@H]3[C@@]4(C)CC[C@H](OC(C)=O)C(C)(C)[C@@H]4CC[C@@]3(C)[C@]1(C)CC2)C(C)O. The molecule has 0 saturated heterocycles. The summed E-state index contributed by atoms with van der Waals surface area (Å²) in [4.78, 5) is 39.0. The first kappa shape index (κ1) is 33.5. The third-order valence-electron chi connectivity index (χ3n) is 14.9. The van der Waals surface area contributed by atoms with Crippen LogP contribution in [0.2, 0.25) is 0 Å². The van der Waals surface area contributed by atoms with Crippen molar-refractivity contribution < 1.29 is 29.0 Å². The van der Waals surface area contributed by atoms with E-state index in [4.69, 9.17) is 9.47 Å². The lowest BCUT2D eigenvalue weighted by molar-refractivity contribution is -0.213. The number of rotatable bonds is 5. The molecule has 7 heteroatoms. The summed E-state index contributed by atoms with van der Waals surface area (Å²) in [6, 6.07) is -1.08. The van der Waals surface area contributed by atoms with Crippen molar-refractivity contribution in [3.63, 3.8) is 0 Å². The molecule has 248 valence electrons. The van der Waals surface area contributed by atoms with E-state index in [9.17, 15) is 19.5 Å². The third kappa shape index (κ3) is 4.63. The minimum atomic E-state index is -1.08. The van der Waals surface area contributed by atoms with Gasteiger partial charge < -0.3 is 19.9 Å². The van der Waals surface area contributed by atoms with Crippen LogP contribution < -0.4 is 5.32 Å². The van der Waals surface area contributed by atoms with E-state index in [0.717, 1.165) is 57.8 Å². The van der Waals surface area contributed by atoms with E-state index in [1.807, 2.05) is 0 Å². The summed E-state index contributed by atoms with van der Waals surface area (Å²) in [5, 5.41) is 13.4. The monoisotopic (exact) mass is 613 g/mol. The first-order valence-electron chi connectivity index (χ1n) is 17.4. The van der Waals surface area contributed by atoms with Crippen molar-refractivity contribution in [3.05, 3.63) is 11.6 Å². The number of esters is 2. The molecule has 4 fully saturated rings. The Bertz CT molecular complexity index is 1210. The Morgan fingerprint density at radius 3 is 2.25 bits per heavy atom. The molecular weight excluding hydrogens is 554 g/mol. The van der Waals surface area contributed by atoms with Crippen molar-refractivity contribution in [2.45, 2.75) is 138 Å². The van der Waals surface area contributed by atoms with E-state index in [1.54, 1.807) is 0 Å². The van der Waals surface area contributed by atoms with Crippen LogP contribution in [-0.2, 0) is 23.9 Å². The number of aliphatic hydroxyl groups excluding tert-OH is 1. The Hall–Kier alpha value is -1.89. The van der Waals surface area contributed by atoms with Crippen LogP contribution in [0.25, 0.3) is 0 Å². The Balaban J connectivity index is 1.54. The van der Waals surface area contributed by atoms with Crippen LogP contribution in [0.15, 0.2) is 11.6 Å². The van der Waals surface area contributed by atoms with E-state index in [1.165, 1.54) is 26.5 Å². The highest BCUT2D eigenvalue weighted by Crippen LogP contribution is 2.75. The number of hydrogen-bond donors (Lipinski definition) is 2. The fourth-order valence-corrected chi connectivity index (χ4v) is 12.1. The highest BCUT2D eigenvalue weighted by molar-refractivity contribution is 5.89. The fourth-order valence-electron chi connectivity index (χ4n) is 12.1. The molecule has 1 amide bonds. The second kappa shape index (κ2) is 11.1. The van der Waals surface area contributed by atoms with Crippen LogP contribution >= 0.6 is 0 Å². The maximum absolute atomic E-state index is 14.4. The lowest BCUT2D eigenvalue weighted by Crippen LogP contribution is -2.66. The van der Waals surface area contributed by atoms with Gasteiger partial charge in [0.05, 0.1) is 18.6 Å². The van der Waals surface area contributed by atoms with Crippen LogP contribution in [0.1, 0.15) is 120 Å². The quantitative estimate of drug-likeness (QED) is 0.267. The summed E-state index contributed by atoms with van der Waals surface area (Å²) in [7, 11) is 1.30. The zero-order chi connectivity index (χ0) is 32.6. The van der Waals surface area contributed by atoms with Gasteiger partial charge in [-0.05, 0) is 111 Å². The number of carbonyl (C=O) groups is 3. The summed E-state index contributed by atoms with van der Waals surface area (Å²) in [6.45, 7) is 20.0. The number of methoxy groups -OCH3 is 1. The van der Waals surface area contributed by atoms with Crippen molar-refractivity contribution in [2.24, 2.45) is 56.7 Å². The van der Waals surface area contributed by atoms with Gasteiger partial charge in [0.2, 0.25) is 5.91 Å². The molecule has 0 aliphatic heterocycles. The highest BCUT2D eigenvalue weighted by Gasteiger charge is 2.69. The first-order valence-corrected chi connectivity index (χ1v) is 17.4. The molecule has 44 heavy (non-hydrogen) atoms. The van der Waals surface area contributed by atoms with Crippen LogP contribution in [0.4, 0.5) is 0 Å². The largest absolute Gasteiger partial charge is 0.467 e. The van der Waals surface area contributed by atoms with E-state index in [-0.39, 0.29) is 45.6 Å². The zero-order valence-electron chi connectivity index (χ0n) is 29.0. The average Bonchev–Trinajstić information content (AvgIpc) is 2.94. The van der Waals surface area contributed by atoms with Crippen molar-refractivity contribution in [3.8, 4) is 0 Å². The number of aliphatic hydroxyl groups is 1. The number of ether oxygens (including phenoxy) is 2. The van der Waals surface area contributed by atoms with Gasteiger partial charge in [-0.1, -0.05) is 60.1 Å². The molecule has 0 spiro atoms. The summed E-state index contributed by atoms with van der Waals surface area (Å²) < 4.78 is 10.9. The Morgan fingerprint density at radius 2 is 1.64 bits per heavy atom. The van der Waals surface area contributed by atoms with Gasteiger partial charge >= 0.3 is 11.9 Å². The van der Waals surface area contributed by atoms with Crippen molar-refractivity contribution in [1.29, 1.82) is 0 Å². The highest BCUT2D eigenvalue weighted by atomic mass is 16.5. The minimum Gasteiger partial charge on any atom is -0.467 e. The first-order chi connectivity index (χ1) is 20.4. The molecule has 0 aromatic heterocycles. The van der Waals surface area contributed by atoms with Crippen LogP contribution in [0, 0.1) is 56.7 Å². The van der Waals surface area contributed by atoms with Gasteiger partial charge in [-0.3, -0.25) is 9.59 Å². The maximum atomic E-state index is 14.4. The topological polar surface area (TPSA) is 102 Å². The molecule has 0 aromatic rings. The molecule has 5 aliphatic rings. The lowest BCUT2D eigenvalue weighted by Gasteiger charge is -2.71. The van der Waals surface area contributed by atoms with Gasteiger partial charge in [0.25, 0.3) is 0 Å². The second-order valence-electron chi connectivity index (χ2n) is 17.0. The van der Waals surface area contributed by atoms with Gasteiger partial charge in [0.1, 0.15) is 6.10 Å².